The fourth-order valence-electron chi connectivity index (χ4n) is 1.51. The first kappa shape index (κ1) is 12.7. The summed E-state index contributed by atoms with van der Waals surface area (Å²) >= 11 is 0. The average molecular weight is 238 g/mol. The van der Waals surface area contributed by atoms with Crippen LogP contribution >= 0.6 is 0 Å². The monoisotopic (exact) mass is 238 g/mol. The maximum atomic E-state index is 10.9. The Kier molecular flexibility index (Phi) is 3.82. The second-order valence-corrected chi connectivity index (χ2v) is 3.38. The molecular formula is C11H10O6. The molecule has 0 aliphatic rings. The van der Waals surface area contributed by atoms with Crippen molar-refractivity contribution in [2.75, 3.05) is 0 Å². The maximum absolute atomic E-state index is 10.9. The standard InChI is InChI=1S/C11H10O6/c12-8(13)5-6-3-1-2-4-7(6)9(10(14)15)11(16)17/h1-4,9H,5H2,(H,12,13)(H,14,15)(H,16,17). The summed E-state index contributed by atoms with van der Waals surface area (Å²) in [5.41, 5.74) is 0.185. The third kappa shape index (κ3) is 3.04. The van der Waals surface area contributed by atoms with E-state index in [1.807, 2.05) is 0 Å². The molecule has 0 aromatic heterocycles. The van der Waals surface area contributed by atoms with Crippen molar-refractivity contribution in [3.8, 4) is 0 Å². The van der Waals surface area contributed by atoms with Crippen LogP contribution in [0.4, 0.5) is 0 Å². The Bertz CT molecular complexity index is 451. The highest BCUT2D eigenvalue weighted by Gasteiger charge is 2.30. The SMILES string of the molecule is O=C(O)Cc1ccccc1C(C(=O)O)C(=O)O. The van der Waals surface area contributed by atoms with Crippen molar-refractivity contribution < 1.29 is 29.7 Å². The predicted octanol–water partition coefficient (Wildman–Crippen LogP) is 0.567. The van der Waals surface area contributed by atoms with Gasteiger partial charge in [-0.1, -0.05) is 24.3 Å². The van der Waals surface area contributed by atoms with E-state index in [1.165, 1.54) is 24.3 Å². The van der Waals surface area contributed by atoms with Crippen molar-refractivity contribution in [1.29, 1.82) is 0 Å². The molecule has 90 valence electrons. The minimum Gasteiger partial charge on any atom is -0.481 e. The van der Waals surface area contributed by atoms with Crippen LogP contribution in [-0.4, -0.2) is 33.2 Å². The first-order valence-corrected chi connectivity index (χ1v) is 4.68. The highest BCUT2D eigenvalue weighted by molar-refractivity contribution is 5.99. The lowest BCUT2D eigenvalue weighted by atomic mass is 9.93. The zero-order valence-corrected chi connectivity index (χ0v) is 8.66. The highest BCUT2D eigenvalue weighted by atomic mass is 16.4. The number of hydrogen-bond donors (Lipinski definition) is 3. The second kappa shape index (κ2) is 5.11. The summed E-state index contributed by atoms with van der Waals surface area (Å²) in [6.45, 7) is 0. The van der Waals surface area contributed by atoms with E-state index in [4.69, 9.17) is 15.3 Å². The highest BCUT2D eigenvalue weighted by Crippen LogP contribution is 2.21. The molecule has 17 heavy (non-hydrogen) atoms. The van der Waals surface area contributed by atoms with Crippen LogP contribution in [0.2, 0.25) is 0 Å². The van der Waals surface area contributed by atoms with E-state index in [0.717, 1.165) is 0 Å². The fourth-order valence-corrected chi connectivity index (χ4v) is 1.51. The largest absolute Gasteiger partial charge is 0.481 e. The van der Waals surface area contributed by atoms with Gasteiger partial charge in [-0.15, -0.1) is 0 Å². The van der Waals surface area contributed by atoms with Crippen molar-refractivity contribution in [2.24, 2.45) is 0 Å². The Morgan fingerprint density at radius 2 is 1.53 bits per heavy atom. The van der Waals surface area contributed by atoms with Gasteiger partial charge >= 0.3 is 17.9 Å². The van der Waals surface area contributed by atoms with Crippen LogP contribution in [0.3, 0.4) is 0 Å². The van der Waals surface area contributed by atoms with Gasteiger partial charge in [0.25, 0.3) is 0 Å². The predicted molar refractivity (Wildman–Crippen MR) is 55.8 cm³/mol. The van der Waals surface area contributed by atoms with Gasteiger partial charge in [0.15, 0.2) is 5.92 Å². The summed E-state index contributed by atoms with van der Waals surface area (Å²) in [4.78, 5) is 32.3. The normalized spacial score (nSPS) is 10.2. The molecule has 0 aliphatic carbocycles. The van der Waals surface area contributed by atoms with Crippen molar-refractivity contribution in [3.05, 3.63) is 35.4 Å². The van der Waals surface area contributed by atoms with E-state index >= 15 is 0 Å². The van der Waals surface area contributed by atoms with Crippen molar-refractivity contribution >= 4 is 17.9 Å². The van der Waals surface area contributed by atoms with E-state index in [1.54, 1.807) is 0 Å². The summed E-state index contributed by atoms with van der Waals surface area (Å²) in [7, 11) is 0. The van der Waals surface area contributed by atoms with Gasteiger partial charge in [0.1, 0.15) is 0 Å². The fraction of sp³-hybridized carbons (Fsp3) is 0.182. The molecule has 1 aromatic carbocycles. The van der Waals surface area contributed by atoms with Crippen LogP contribution in [0.15, 0.2) is 24.3 Å². The van der Waals surface area contributed by atoms with E-state index in [9.17, 15) is 14.4 Å². The Labute approximate surface area is 96.1 Å². The van der Waals surface area contributed by atoms with Gasteiger partial charge in [0.05, 0.1) is 6.42 Å². The molecule has 3 N–H and O–H groups in total. The first-order valence-electron chi connectivity index (χ1n) is 4.68. The van der Waals surface area contributed by atoms with Crippen molar-refractivity contribution in [1.82, 2.24) is 0 Å². The molecular weight excluding hydrogens is 228 g/mol. The second-order valence-electron chi connectivity index (χ2n) is 3.38. The summed E-state index contributed by atoms with van der Waals surface area (Å²) < 4.78 is 0. The number of carbonyl (C=O) groups is 3. The topological polar surface area (TPSA) is 112 Å². The molecule has 0 bridgehead atoms. The van der Waals surface area contributed by atoms with Crippen LogP contribution < -0.4 is 0 Å². The molecule has 1 aromatic rings. The van der Waals surface area contributed by atoms with E-state index in [-0.39, 0.29) is 11.1 Å². The minimum absolute atomic E-state index is 0.00472. The smallest absolute Gasteiger partial charge is 0.322 e. The molecule has 0 amide bonds. The summed E-state index contributed by atoms with van der Waals surface area (Å²) in [5, 5.41) is 26.3. The van der Waals surface area contributed by atoms with Crippen molar-refractivity contribution in [2.45, 2.75) is 12.3 Å². The van der Waals surface area contributed by atoms with Crippen LogP contribution in [0.1, 0.15) is 17.0 Å². The van der Waals surface area contributed by atoms with Gasteiger partial charge in [0, 0.05) is 0 Å². The Hall–Kier alpha value is -2.37. The molecule has 0 aliphatic heterocycles. The Morgan fingerprint density at radius 3 is 2.00 bits per heavy atom. The lowest BCUT2D eigenvalue weighted by molar-refractivity contribution is -0.150. The summed E-state index contributed by atoms with van der Waals surface area (Å²) in [6.07, 6.45) is -0.409. The summed E-state index contributed by atoms with van der Waals surface area (Å²) in [5.74, 6) is -5.93. The van der Waals surface area contributed by atoms with E-state index < -0.39 is 30.2 Å². The molecule has 0 atom stereocenters. The molecule has 0 fully saturated rings. The van der Waals surface area contributed by atoms with Gasteiger partial charge in [-0.3, -0.25) is 14.4 Å². The third-order valence-corrected chi connectivity index (χ3v) is 2.20. The summed E-state index contributed by atoms with van der Waals surface area (Å²) in [6, 6.07) is 5.72. The van der Waals surface area contributed by atoms with Crippen LogP contribution in [0.25, 0.3) is 0 Å². The first-order chi connectivity index (χ1) is 7.93. The molecule has 6 nitrogen and oxygen atoms in total. The molecule has 1 rings (SSSR count). The van der Waals surface area contributed by atoms with Gasteiger partial charge < -0.3 is 15.3 Å². The lowest BCUT2D eigenvalue weighted by Crippen LogP contribution is -2.23. The molecule has 0 saturated heterocycles. The van der Waals surface area contributed by atoms with Crippen molar-refractivity contribution in [3.63, 3.8) is 0 Å². The van der Waals surface area contributed by atoms with Crippen LogP contribution in [0, 0.1) is 0 Å². The third-order valence-electron chi connectivity index (χ3n) is 2.20. The molecule has 0 radical (unpaired) electrons. The quantitative estimate of drug-likeness (QED) is 0.646. The average Bonchev–Trinajstić information content (AvgIpc) is 2.18. The zero-order valence-electron chi connectivity index (χ0n) is 8.66. The van der Waals surface area contributed by atoms with E-state index in [2.05, 4.69) is 0 Å². The Morgan fingerprint density at radius 1 is 1.00 bits per heavy atom. The van der Waals surface area contributed by atoms with Gasteiger partial charge in [0.2, 0.25) is 0 Å². The van der Waals surface area contributed by atoms with Gasteiger partial charge in [-0.2, -0.15) is 0 Å². The zero-order chi connectivity index (χ0) is 13.0. The van der Waals surface area contributed by atoms with Gasteiger partial charge in [-0.05, 0) is 11.1 Å². The minimum atomic E-state index is -1.74. The number of rotatable bonds is 5. The number of benzene rings is 1. The number of hydrogen-bond acceptors (Lipinski definition) is 3. The van der Waals surface area contributed by atoms with Crippen LogP contribution in [-0.2, 0) is 20.8 Å². The molecule has 0 spiro atoms. The number of aliphatic carboxylic acids is 3. The maximum Gasteiger partial charge on any atom is 0.322 e. The van der Waals surface area contributed by atoms with Gasteiger partial charge in [-0.25, -0.2) is 0 Å². The Balaban J connectivity index is 3.23. The molecule has 0 saturated carbocycles. The lowest BCUT2D eigenvalue weighted by Gasteiger charge is -2.11. The number of carboxylic acid groups (broad SMARTS) is 3. The molecule has 0 heterocycles. The van der Waals surface area contributed by atoms with Crippen LogP contribution in [0.5, 0.6) is 0 Å². The number of carboxylic acids is 3. The molecule has 0 unspecified atom stereocenters. The van der Waals surface area contributed by atoms with E-state index in [0.29, 0.717) is 0 Å². The molecule has 6 heteroatoms.